The Morgan fingerprint density at radius 2 is 1.55 bits per heavy atom. The van der Waals surface area contributed by atoms with Gasteiger partial charge in [-0.1, -0.05) is 6.07 Å². The van der Waals surface area contributed by atoms with Crippen LogP contribution in [0.25, 0.3) is 0 Å². The van der Waals surface area contributed by atoms with E-state index in [1.54, 1.807) is 0 Å². The van der Waals surface area contributed by atoms with Gasteiger partial charge in [-0.2, -0.15) is 0 Å². The number of carbonyl (C=O) groups is 2. The predicted octanol–water partition coefficient (Wildman–Crippen LogP) is 1.32. The molecule has 29 heavy (non-hydrogen) atoms. The van der Waals surface area contributed by atoms with Crippen molar-refractivity contribution in [2.24, 2.45) is 0 Å². The number of carbonyl (C=O) groups excluding carboxylic acids is 2. The molecule has 2 aromatic rings. The third-order valence-corrected chi connectivity index (χ3v) is 6.59. The van der Waals surface area contributed by atoms with E-state index in [1.165, 1.54) is 18.2 Å². The molecule has 4 rings (SSSR count). The van der Waals surface area contributed by atoms with Crippen LogP contribution in [0, 0.1) is 0 Å². The highest BCUT2D eigenvalue weighted by atomic mass is 32.2. The van der Waals surface area contributed by atoms with E-state index in [0.29, 0.717) is 0 Å². The molecule has 1 aromatic carbocycles. The topological polar surface area (TPSA) is 130 Å². The smallest absolute Gasteiger partial charge is 0.333 e. The number of nitrogens with one attached hydrogen (secondary N) is 3. The van der Waals surface area contributed by atoms with Crippen LogP contribution in [0.4, 0.5) is 10.5 Å². The van der Waals surface area contributed by atoms with Gasteiger partial charge in [0.1, 0.15) is 4.90 Å². The van der Waals surface area contributed by atoms with Crippen LogP contribution in [0.15, 0.2) is 23.4 Å². The molecule has 1 heterocycles. The molecule has 0 bridgehead atoms. The molecular formula is C19H21N5O4S. The highest BCUT2D eigenvalue weighted by Crippen LogP contribution is 2.38. The van der Waals surface area contributed by atoms with Gasteiger partial charge in [0.15, 0.2) is 0 Å². The molecular weight excluding hydrogens is 394 g/mol. The Balaban J connectivity index is 1.54. The molecule has 3 N–H and O–H groups in total. The standard InChI is InChI=1S/C19H21N5O4S/c1-20-18(25)17-21-9-13(10-22-17)29(27,28)24-19(26)23-16-14-6-2-4-11(14)8-12-5-3-7-15(12)16/h8-10H,2-7H2,1H3,(H,20,25)(H2,23,24,26). The Kier molecular flexibility index (Phi) is 4.95. The lowest BCUT2D eigenvalue weighted by molar-refractivity contribution is 0.0952. The SMILES string of the molecule is CNC(=O)c1ncc(S(=O)(=O)NC(=O)Nc2c3c(cc4c2CCC4)CCC3)cn1. The summed E-state index contributed by atoms with van der Waals surface area (Å²) in [6.45, 7) is 0. The number of aromatic nitrogens is 2. The summed E-state index contributed by atoms with van der Waals surface area (Å²) in [7, 11) is -2.76. The van der Waals surface area contributed by atoms with Crippen molar-refractivity contribution in [2.75, 3.05) is 12.4 Å². The maximum Gasteiger partial charge on any atom is 0.333 e. The third-order valence-electron chi connectivity index (χ3n) is 5.31. The Labute approximate surface area is 168 Å². The van der Waals surface area contributed by atoms with E-state index in [4.69, 9.17) is 0 Å². The van der Waals surface area contributed by atoms with Gasteiger partial charge in [0.25, 0.3) is 15.9 Å². The van der Waals surface area contributed by atoms with Crippen LogP contribution >= 0.6 is 0 Å². The van der Waals surface area contributed by atoms with Crippen molar-refractivity contribution in [3.63, 3.8) is 0 Å². The second-order valence-corrected chi connectivity index (χ2v) is 8.80. The Bertz CT molecular complexity index is 1060. The molecule has 0 fully saturated rings. The highest BCUT2D eigenvalue weighted by Gasteiger charge is 2.26. The molecule has 0 radical (unpaired) electrons. The first-order valence-corrected chi connectivity index (χ1v) is 10.9. The van der Waals surface area contributed by atoms with E-state index < -0.39 is 22.0 Å². The summed E-state index contributed by atoms with van der Waals surface area (Å²) < 4.78 is 27.0. The maximum atomic E-state index is 12.5. The quantitative estimate of drug-likeness (QED) is 0.691. The average Bonchev–Trinajstić information content (AvgIpc) is 3.36. The lowest BCUT2D eigenvalue weighted by Crippen LogP contribution is -2.35. The van der Waals surface area contributed by atoms with Gasteiger partial charge in [-0.05, 0) is 60.8 Å². The molecule has 0 aliphatic heterocycles. The number of hydrogen-bond donors (Lipinski definition) is 3. The van der Waals surface area contributed by atoms with Crippen LogP contribution in [0.5, 0.6) is 0 Å². The van der Waals surface area contributed by atoms with Gasteiger partial charge in [-0.3, -0.25) is 4.79 Å². The molecule has 10 heteroatoms. The van der Waals surface area contributed by atoms with E-state index >= 15 is 0 Å². The van der Waals surface area contributed by atoms with E-state index in [1.807, 2.05) is 4.72 Å². The number of sulfonamides is 1. The largest absolute Gasteiger partial charge is 0.352 e. The summed E-state index contributed by atoms with van der Waals surface area (Å²) >= 11 is 0. The first kappa shape index (κ1) is 19.3. The Morgan fingerprint density at radius 3 is 2.10 bits per heavy atom. The zero-order valence-corrected chi connectivity index (χ0v) is 16.7. The van der Waals surface area contributed by atoms with Crippen molar-refractivity contribution in [3.05, 3.63) is 46.5 Å². The van der Waals surface area contributed by atoms with Gasteiger partial charge in [0.2, 0.25) is 5.82 Å². The Hall–Kier alpha value is -3.01. The van der Waals surface area contributed by atoms with Gasteiger partial charge < -0.3 is 10.6 Å². The Morgan fingerprint density at radius 1 is 0.966 bits per heavy atom. The number of amides is 3. The number of urea groups is 1. The van der Waals surface area contributed by atoms with E-state index in [0.717, 1.165) is 67.7 Å². The summed E-state index contributed by atoms with van der Waals surface area (Å²) in [5.74, 6) is -0.697. The molecule has 2 aliphatic rings. The highest BCUT2D eigenvalue weighted by molar-refractivity contribution is 7.90. The number of aryl methyl sites for hydroxylation is 2. The van der Waals surface area contributed by atoms with Crippen LogP contribution in [0.3, 0.4) is 0 Å². The molecule has 0 unspecified atom stereocenters. The minimum atomic E-state index is -4.18. The van der Waals surface area contributed by atoms with Crippen molar-refractivity contribution in [1.29, 1.82) is 0 Å². The summed E-state index contributed by atoms with van der Waals surface area (Å²) in [6, 6.07) is 1.41. The molecule has 1 aromatic heterocycles. The van der Waals surface area contributed by atoms with Gasteiger partial charge in [0.05, 0.1) is 12.4 Å². The number of anilines is 1. The van der Waals surface area contributed by atoms with Gasteiger partial charge >= 0.3 is 6.03 Å². The van der Waals surface area contributed by atoms with Gasteiger partial charge in [0, 0.05) is 12.7 Å². The fourth-order valence-electron chi connectivity index (χ4n) is 3.97. The van der Waals surface area contributed by atoms with Gasteiger partial charge in [-0.25, -0.2) is 27.9 Å². The summed E-state index contributed by atoms with van der Waals surface area (Å²) in [5.41, 5.74) is 5.45. The van der Waals surface area contributed by atoms with E-state index in [9.17, 15) is 18.0 Å². The third kappa shape index (κ3) is 3.67. The molecule has 0 saturated heterocycles. The number of fused-ring (bicyclic) bond motifs is 2. The second kappa shape index (κ2) is 7.43. The maximum absolute atomic E-state index is 12.5. The molecule has 152 valence electrons. The minimum Gasteiger partial charge on any atom is -0.352 e. The van der Waals surface area contributed by atoms with Crippen molar-refractivity contribution in [2.45, 2.75) is 43.4 Å². The van der Waals surface area contributed by atoms with Crippen molar-refractivity contribution in [3.8, 4) is 0 Å². The zero-order chi connectivity index (χ0) is 20.6. The van der Waals surface area contributed by atoms with Crippen molar-refractivity contribution < 1.29 is 18.0 Å². The van der Waals surface area contributed by atoms with Crippen LogP contribution in [-0.4, -0.2) is 37.4 Å². The number of hydrogen-bond acceptors (Lipinski definition) is 6. The minimum absolute atomic E-state index is 0.161. The average molecular weight is 415 g/mol. The van der Waals surface area contributed by atoms with E-state index in [-0.39, 0.29) is 10.7 Å². The summed E-state index contributed by atoms with van der Waals surface area (Å²) in [5, 5.41) is 5.12. The molecule has 9 nitrogen and oxygen atoms in total. The van der Waals surface area contributed by atoms with Crippen molar-refractivity contribution >= 4 is 27.6 Å². The number of rotatable bonds is 4. The van der Waals surface area contributed by atoms with Crippen LogP contribution in [-0.2, 0) is 35.7 Å². The van der Waals surface area contributed by atoms with Gasteiger partial charge in [-0.15, -0.1) is 0 Å². The number of nitrogens with zero attached hydrogens (tertiary/aromatic N) is 2. The predicted molar refractivity (Wildman–Crippen MR) is 105 cm³/mol. The second-order valence-electron chi connectivity index (χ2n) is 7.12. The summed E-state index contributed by atoms with van der Waals surface area (Å²) in [6.07, 6.45) is 7.75. The first-order valence-electron chi connectivity index (χ1n) is 9.43. The monoisotopic (exact) mass is 415 g/mol. The van der Waals surface area contributed by atoms with Crippen LogP contribution in [0.1, 0.15) is 45.7 Å². The van der Waals surface area contributed by atoms with Crippen LogP contribution in [0.2, 0.25) is 0 Å². The fourth-order valence-corrected chi connectivity index (χ4v) is 4.77. The number of benzene rings is 1. The molecule has 3 amide bonds. The summed E-state index contributed by atoms with van der Waals surface area (Å²) in [4.78, 5) is 31.1. The van der Waals surface area contributed by atoms with Crippen molar-refractivity contribution in [1.82, 2.24) is 20.0 Å². The lowest BCUT2D eigenvalue weighted by atomic mass is 9.99. The van der Waals surface area contributed by atoms with E-state index in [2.05, 4.69) is 26.7 Å². The zero-order valence-electron chi connectivity index (χ0n) is 15.9. The van der Waals surface area contributed by atoms with Crippen LogP contribution < -0.4 is 15.4 Å². The molecule has 0 spiro atoms. The normalized spacial score (nSPS) is 14.8. The molecule has 2 aliphatic carbocycles. The lowest BCUT2D eigenvalue weighted by Gasteiger charge is -2.16. The molecule has 0 atom stereocenters. The first-order chi connectivity index (χ1) is 13.9. The molecule has 0 saturated carbocycles. The fraction of sp³-hybridized carbons (Fsp3) is 0.368.